The van der Waals surface area contributed by atoms with Crippen molar-refractivity contribution in [1.29, 1.82) is 0 Å². The van der Waals surface area contributed by atoms with Gasteiger partial charge in [0, 0.05) is 18.1 Å². The van der Waals surface area contributed by atoms with Crippen molar-refractivity contribution in [1.82, 2.24) is 9.62 Å². The summed E-state index contributed by atoms with van der Waals surface area (Å²) >= 11 is 5.85. The smallest absolute Gasteiger partial charge is 0.243 e. The monoisotopic (exact) mass is 420 g/mol. The molecular weight excluding hydrogens is 396 g/mol. The number of benzene rings is 2. The van der Waals surface area contributed by atoms with E-state index in [4.69, 9.17) is 11.6 Å². The fourth-order valence-corrected chi connectivity index (χ4v) is 5.19. The number of rotatable bonds is 7. The molecule has 7 heteroatoms. The Balaban J connectivity index is 1.56. The molecule has 1 saturated heterocycles. The fourth-order valence-electron chi connectivity index (χ4n) is 3.41. The van der Waals surface area contributed by atoms with Gasteiger partial charge in [0.25, 0.3) is 0 Å². The van der Waals surface area contributed by atoms with Gasteiger partial charge in [-0.05, 0) is 62.4 Å². The van der Waals surface area contributed by atoms with Gasteiger partial charge in [-0.1, -0.05) is 41.4 Å². The van der Waals surface area contributed by atoms with Gasteiger partial charge < -0.3 is 5.32 Å². The van der Waals surface area contributed by atoms with Crippen molar-refractivity contribution in [2.45, 2.75) is 43.5 Å². The Morgan fingerprint density at radius 2 is 1.82 bits per heavy atom. The van der Waals surface area contributed by atoms with Crippen molar-refractivity contribution in [2.75, 3.05) is 13.1 Å². The molecule has 0 radical (unpaired) electrons. The summed E-state index contributed by atoms with van der Waals surface area (Å²) in [4.78, 5) is 12.8. The average molecular weight is 421 g/mol. The number of carbonyl (C=O) groups excluding carboxylic acids is 1. The van der Waals surface area contributed by atoms with E-state index in [-0.39, 0.29) is 10.8 Å². The molecule has 0 unspecified atom stereocenters. The number of nitrogens with one attached hydrogen (secondary N) is 1. The van der Waals surface area contributed by atoms with Crippen molar-refractivity contribution in [2.24, 2.45) is 0 Å². The van der Waals surface area contributed by atoms with Crippen LogP contribution in [0.4, 0.5) is 0 Å². The quantitative estimate of drug-likeness (QED) is 0.696. The molecule has 1 N–H and O–H groups in total. The molecule has 1 amide bonds. The van der Waals surface area contributed by atoms with E-state index >= 15 is 0 Å². The van der Waals surface area contributed by atoms with E-state index in [0.717, 1.165) is 12.8 Å². The van der Waals surface area contributed by atoms with Crippen LogP contribution in [-0.4, -0.2) is 37.8 Å². The zero-order chi connectivity index (χ0) is 20.1. The minimum Gasteiger partial charge on any atom is -0.355 e. The average Bonchev–Trinajstić information content (AvgIpc) is 3.18. The van der Waals surface area contributed by atoms with E-state index in [1.54, 1.807) is 12.1 Å². The molecular formula is C21H25ClN2O3S. The molecule has 5 nitrogen and oxygen atoms in total. The minimum absolute atomic E-state index is 0.163. The van der Waals surface area contributed by atoms with Crippen LogP contribution in [0.25, 0.3) is 0 Å². The van der Waals surface area contributed by atoms with E-state index in [1.165, 1.54) is 27.6 Å². The normalized spacial score (nSPS) is 17.6. The molecule has 1 fully saturated rings. The van der Waals surface area contributed by atoms with Crippen molar-refractivity contribution < 1.29 is 13.2 Å². The third-order valence-electron chi connectivity index (χ3n) is 4.99. The first-order valence-corrected chi connectivity index (χ1v) is 11.3. The third-order valence-corrected chi connectivity index (χ3v) is 7.16. The highest BCUT2D eigenvalue weighted by atomic mass is 35.5. The molecule has 0 spiro atoms. The number of aryl methyl sites for hydroxylation is 2. The maximum atomic E-state index is 12.9. The molecule has 2 aromatic carbocycles. The number of nitrogens with zero attached hydrogens (tertiary/aromatic N) is 1. The van der Waals surface area contributed by atoms with E-state index in [2.05, 4.69) is 36.5 Å². The molecule has 150 valence electrons. The zero-order valence-electron chi connectivity index (χ0n) is 15.9. The lowest BCUT2D eigenvalue weighted by Crippen LogP contribution is -2.46. The maximum absolute atomic E-state index is 12.9. The Morgan fingerprint density at radius 3 is 2.50 bits per heavy atom. The standard InChI is InChI=1S/C21H25ClN2O3S/c1-16-6-8-17(9-7-16)4-2-14-23-21(25)20-5-3-15-24(20)28(26,27)19-12-10-18(22)11-13-19/h6-13,20H,2-5,14-15H2,1H3,(H,23,25)/t20-/m1/s1. The van der Waals surface area contributed by atoms with Gasteiger partial charge in [-0.2, -0.15) is 4.31 Å². The van der Waals surface area contributed by atoms with Gasteiger partial charge in [-0.15, -0.1) is 0 Å². The van der Waals surface area contributed by atoms with E-state index in [1.807, 2.05) is 0 Å². The Bertz CT molecular complexity index is 912. The first-order chi connectivity index (χ1) is 13.4. The summed E-state index contributed by atoms with van der Waals surface area (Å²) in [6.45, 7) is 2.93. The maximum Gasteiger partial charge on any atom is 0.243 e. The van der Waals surface area contributed by atoms with E-state index in [9.17, 15) is 13.2 Å². The summed E-state index contributed by atoms with van der Waals surface area (Å²) in [5, 5.41) is 3.38. The lowest BCUT2D eigenvalue weighted by Gasteiger charge is -2.23. The number of halogens is 1. The lowest BCUT2D eigenvalue weighted by atomic mass is 10.1. The van der Waals surface area contributed by atoms with Crippen LogP contribution in [0.3, 0.4) is 0 Å². The van der Waals surface area contributed by atoms with Crippen molar-refractivity contribution in [3.8, 4) is 0 Å². The van der Waals surface area contributed by atoms with Gasteiger partial charge in [-0.3, -0.25) is 4.79 Å². The highest BCUT2D eigenvalue weighted by Gasteiger charge is 2.39. The van der Waals surface area contributed by atoms with Gasteiger partial charge in [0.2, 0.25) is 15.9 Å². The van der Waals surface area contributed by atoms with Crippen LogP contribution < -0.4 is 5.32 Å². The van der Waals surface area contributed by atoms with Crippen molar-refractivity contribution in [3.63, 3.8) is 0 Å². The highest BCUT2D eigenvalue weighted by Crippen LogP contribution is 2.27. The van der Waals surface area contributed by atoms with Gasteiger partial charge in [0.15, 0.2) is 0 Å². The number of hydrogen-bond donors (Lipinski definition) is 1. The molecule has 1 heterocycles. The molecule has 0 bridgehead atoms. The van der Waals surface area contributed by atoms with Crippen LogP contribution in [0, 0.1) is 6.92 Å². The Hall–Kier alpha value is -1.89. The van der Waals surface area contributed by atoms with Crippen molar-refractivity contribution >= 4 is 27.5 Å². The van der Waals surface area contributed by atoms with Crippen LogP contribution in [0.5, 0.6) is 0 Å². The second-order valence-electron chi connectivity index (χ2n) is 7.11. The molecule has 0 aliphatic carbocycles. The summed E-state index contributed by atoms with van der Waals surface area (Å²) < 4.78 is 27.1. The van der Waals surface area contributed by atoms with Crippen molar-refractivity contribution in [3.05, 3.63) is 64.7 Å². The van der Waals surface area contributed by atoms with E-state index in [0.29, 0.717) is 31.0 Å². The van der Waals surface area contributed by atoms with Crippen LogP contribution >= 0.6 is 11.6 Å². The fraction of sp³-hybridized carbons (Fsp3) is 0.381. The second kappa shape index (κ2) is 9.07. The van der Waals surface area contributed by atoms with Crippen LogP contribution in [0.2, 0.25) is 5.02 Å². The Kier molecular flexibility index (Phi) is 6.75. The zero-order valence-corrected chi connectivity index (χ0v) is 17.5. The Labute approximate surface area is 171 Å². The molecule has 1 aliphatic rings. The van der Waals surface area contributed by atoms with Crippen LogP contribution in [0.1, 0.15) is 30.4 Å². The van der Waals surface area contributed by atoms with E-state index < -0.39 is 16.1 Å². The number of hydrogen-bond acceptors (Lipinski definition) is 3. The van der Waals surface area contributed by atoms with Crippen LogP contribution in [0.15, 0.2) is 53.4 Å². The molecule has 1 atom stereocenters. The Morgan fingerprint density at radius 1 is 1.14 bits per heavy atom. The summed E-state index contributed by atoms with van der Waals surface area (Å²) in [6, 6.07) is 13.7. The SMILES string of the molecule is Cc1ccc(CCCNC(=O)[C@H]2CCCN2S(=O)(=O)c2ccc(Cl)cc2)cc1. The topological polar surface area (TPSA) is 66.5 Å². The minimum atomic E-state index is -3.71. The van der Waals surface area contributed by atoms with Gasteiger partial charge >= 0.3 is 0 Å². The summed E-state index contributed by atoms with van der Waals surface area (Å²) in [5.74, 6) is -0.223. The summed E-state index contributed by atoms with van der Waals surface area (Å²) in [7, 11) is -3.71. The van der Waals surface area contributed by atoms with Gasteiger partial charge in [-0.25, -0.2) is 8.42 Å². The summed E-state index contributed by atoms with van der Waals surface area (Å²) in [5.41, 5.74) is 2.45. The lowest BCUT2D eigenvalue weighted by molar-refractivity contribution is -0.124. The molecule has 3 rings (SSSR count). The number of amides is 1. The second-order valence-corrected chi connectivity index (χ2v) is 9.43. The first-order valence-electron chi connectivity index (χ1n) is 9.48. The number of sulfonamides is 1. The molecule has 0 aromatic heterocycles. The largest absolute Gasteiger partial charge is 0.355 e. The first kappa shape index (κ1) is 20.8. The highest BCUT2D eigenvalue weighted by molar-refractivity contribution is 7.89. The third kappa shape index (κ3) is 4.93. The molecule has 28 heavy (non-hydrogen) atoms. The van der Waals surface area contributed by atoms with Gasteiger partial charge in [0.1, 0.15) is 6.04 Å². The molecule has 1 aliphatic heterocycles. The molecule has 2 aromatic rings. The molecule has 0 saturated carbocycles. The van der Waals surface area contributed by atoms with Gasteiger partial charge in [0.05, 0.1) is 4.90 Å². The number of carbonyl (C=O) groups is 1. The summed E-state index contributed by atoms with van der Waals surface area (Å²) in [6.07, 6.45) is 2.90. The van der Waals surface area contributed by atoms with Crippen LogP contribution in [-0.2, 0) is 21.2 Å². The predicted molar refractivity (Wildman–Crippen MR) is 111 cm³/mol. The predicted octanol–water partition coefficient (Wildman–Crippen LogP) is 3.55.